The van der Waals surface area contributed by atoms with E-state index in [4.69, 9.17) is 0 Å². The van der Waals surface area contributed by atoms with Gasteiger partial charge in [-0.25, -0.2) is 0 Å². The van der Waals surface area contributed by atoms with Gasteiger partial charge < -0.3 is 0 Å². The largest absolute Gasteiger partial charge is 0.0622 e. The summed E-state index contributed by atoms with van der Waals surface area (Å²) in [7, 11) is 0. The predicted octanol–water partition coefficient (Wildman–Crippen LogP) is 7.60. The van der Waals surface area contributed by atoms with Crippen LogP contribution in [0.25, 0.3) is 16.7 Å². The average Bonchev–Trinajstić information content (AvgIpc) is 3.43. The lowest BCUT2D eigenvalue weighted by Gasteiger charge is -2.14. The fraction of sp³-hybridized carbons (Fsp3) is 0.0323. The van der Waals surface area contributed by atoms with Crippen molar-refractivity contribution in [3.63, 3.8) is 0 Å². The van der Waals surface area contributed by atoms with Crippen LogP contribution in [0.2, 0.25) is 0 Å². The molecule has 2 aliphatic carbocycles. The van der Waals surface area contributed by atoms with Crippen LogP contribution in [0, 0.1) is 6.08 Å². The van der Waals surface area contributed by atoms with Gasteiger partial charge in [-0.05, 0) is 56.2 Å². The van der Waals surface area contributed by atoms with Gasteiger partial charge in [0, 0.05) is 5.92 Å². The third-order valence-electron chi connectivity index (χ3n) is 6.25. The molecule has 0 atom stereocenters. The molecule has 145 valence electrons. The van der Waals surface area contributed by atoms with Crippen molar-refractivity contribution in [2.75, 3.05) is 0 Å². The number of benzene rings is 4. The van der Waals surface area contributed by atoms with E-state index in [1.807, 2.05) is 0 Å². The maximum Gasteiger partial charge on any atom is 0.0358 e. The van der Waals surface area contributed by atoms with Gasteiger partial charge in [0.1, 0.15) is 0 Å². The van der Waals surface area contributed by atoms with Crippen LogP contribution >= 0.6 is 0 Å². The Morgan fingerprint density at radius 1 is 0.516 bits per heavy atom. The van der Waals surface area contributed by atoms with E-state index in [-0.39, 0.29) is 5.92 Å². The summed E-state index contributed by atoms with van der Waals surface area (Å²) in [4.78, 5) is 0. The van der Waals surface area contributed by atoms with Gasteiger partial charge in [0.15, 0.2) is 0 Å². The third kappa shape index (κ3) is 3.00. The topological polar surface area (TPSA) is 0 Å². The Balaban J connectivity index is 1.53. The quantitative estimate of drug-likeness (QED) is 0.336. The number of hydrogen-bond donors (Lipinski definition) is 0. The van der Waals surface area contributed by atoms with Gasteiger partial charge in [-0.2, -0.15) is 0 Å². The molecule has 4 aromatic carbocycles. The zero-order valence-electron chi connectivity index (χ0n) is 17.1. The molecule has 0 aromatic heterocycles. The lowest BCUT2D eigenvalue weighted by atomic mass is 9.89. The van der Waals surface area contributed by atoms with Gasteiger partial charge in [0.2, 0.25) is 0 Å². The Morgan fingerprint density at radius 2 is 1.00 bits per heavy atom. The SMILES string of the molecule is [C]1=C(C2c3ccccc3-c3ccccc32)C=CC1=C(c1ccccc1)c1ccccc1. The van der Waals surface area contributed by atoms with E-state index in [0.29, 0.717) is 0 Å². The fourth-order valence-corrected chi connectivity index (χ4v) is 4.90. The van der Waals surface area contributed by atoms with Crippen LogP contribution in [0.1, 0.15) is 28.2 Å². The van der Waals surface area contributed by atoms with E-state index in [2.05, 4.69) is 127 Å². The second-order valence-electron chi connectivity index (χ2n) is 8.04. The van der Waals surface area contributed by atoms with Gasteiger partial charge in [-0.1, -0.05) is 121 Å². The molecule has 0 saturated carbocycles. The smallest absolute Gasteiger partial charge is 0.0358 e. The van der Waals surface area contributed by atoms with Crippen LogP contribution in [0.3, 0.4) is 0 Å². The Morgan fingerprint density at radius 3 is 1.55 bits per heavy atom. The molecular formula is C31H21. The lowest BCUT2D eigenvalue weighted by molar-refractivity contribution is 1.01. The van der Waals surface area contributed by atoms with Crippen LogP contribution in [0.5, 0.6) is 0 Å². The first-order chi connectivity index (χ1) is 15.4. The van der Waals surface area contributed by atoms with Crippen molar-refractivity contribution in [2.24, 2.45) is 0 Å². The summed E-state index contributed by atoms with van der Waals surface area (Å²) in [5.74, 6) is 0.231. The van der Waals surface area contributed by atoms with Crippen LogP contribution in [0.15, 0.2) is 132 Å². The van der Waals surface area contributed by atoms with Crippen molar-refractivity contribution >= 4 is 5.57 Å². The second-order valence-corrected chi connectivity index (χ2v) is 8.04. The van der Waals surface area contributed by atoms with Crippen LogP contribution < -0.4 is 0 Å². The van der Waals surface area contributed by atoms with E-state index >= 15 is 0 Å². The molecule has 0 aliphatic heterocycles. The first-order valence-electron chi connectivity index (χ1n) is 10.8. The van der Waals surface area contributed by atoms with Crippen LogP contribution in [-0.4, -0.2) is 0 Å². The molecule has 0 amide bonds. The maximum absolute atomic E-state index is 3.80. The highest BCUT2D eigenvalue weighted by Gasteiger charge is 2.31. The van der Waals surface area contributed by atoms with Crippen molar-refractivity contribution in [3.05, 3.63) is 161 Å². The average molecular weight is 394 g/mol. The fourth-order valence-electron chi connectivity index (χ4n) is 4.90. The predicted molar refractivity (Wildman–Crippen MR) is 129 cm³/mol. The second kappa shape index (κ2) is 7.41. The normalized spacial score (nSPS) is 14.3. The Bertz CT molecular complexity index is 1260. The van der Waals surface area contributed by atoms with Gasteiger partial charge in [-0.15, -0.1) is 0 Å². The van der Waals surface area contributed by atoms with E-state index in [1.54, 1.807) is 0 Å². The van der Waals surface area contributed by atoms with Crippen molar-refractivity contribution < 1.29 is 0 Å². The minimum Gasteiger partial charge on any atom is -0.0622 e. The van der Waals surface area contributed by atoms with Crippen LogP contribution in [0.4, 0.5) is 0 Å². The summed E-state index contributed by atoms with van der Waals surface area (Å²) in [5, 5.41) is 0. The van der Waals surface area contributed by atoms with Gasteiger partial charge in [0.05, 0.1) is 0 Å². The van der Waals surface area contributed by atoms with Crippen molar-refractivity contribution in [1.82, 2.24) is 0 Å². The Labute approximate surface area is 183 Å². The molecule has 0 saturated heterocycles. The summed E-state index contributed by atoms with van der Waals surface area (Å²) in [6.07, 6.45) is 8.28. The molecule has 0 heterocycles. The molecule has 0 unspecified atom stereocenters. The molecule has 31 heavy (non-hydrogen) atoms. The first kappa shape index (κ1) is 17.9. The monoisotopic (exact) mass is 393 g/mol. The minimum absolute atomic E-state index is 0.231. The molecule has 1 radical (unpaired) electrons. The van der Waals surface area contributed by atoms with Crippen molar-refractivity contribution in [3.8, 4) is 11.1 Å². The maximum atomic E-state index is 3.80. The van der Waals surface area contributed by atoms with E-state index in [0.717, 1.165) is 5.57 Å². The van der Waals surface area contributed by atoms with E-state index < -0.39 is 0 Å². The summed E-state index contributed by atoms with van der Waals surface area (Å²) in [6.45, 7) is 0. The molecule has 0 nitrogen and oxygen atoms in total. The number of allylic oxidation sites excluding steroid dienone is 5. The number of rotatable bonds is 3. The molecular weight excluding hydrogens is 372 g/mol. The third-order valence-corrected chi connectivity index (χ3v) is 6.25. The molecule has 4 aromatic rings. The summed E-state index contributed by atoms with van der Waals surface area (Å²) in [5.41, 5.74) is 11.5. The van der Waals surface area contributed by atoms with Crippen LogP contribution in [-0.2, 0) is 0 Å². The van der Waals surface area contributed by atoms with E-state index in [1.165, 1.54) is 44.5 Å². The lowest BCUT2D eigenvalue weighted by Crippen LogP contribution is -1.98. The van der Waals surface area contributed by atoms with Crippen molar-refractivity contribution in [1.29, 1.82) is 0 Å². The van der Waals surface area contributed by atoms with E-state index in [9.17, 15) is 0 Å². The zero-order valence-corrected chi connectivity index (χ0v) is 17.1. The molecule has 6 rings (SSSR count). The molecule has 0 bridgehead atoms. The first-order valence-corrected chi connectivity index (χ1v) is 10.8. The highest BCUT2D eigenvalue weighted by atomic mass is 14.3. The molecule has 0 heteroatoms. The van der Waals surface area contributed by atoms with Gasteiger partial charge in [0.25, 0.3) is 0 Å². The van der Waals surface area contributed by atoms with Gasteiger partial charge in [-0.3, -0.25) is 0 Å². The number of fused-ring (bicyclic) bond motifs is 3. The minimum atomic E-state index is 0.231. The zero-order chi connectivity index (χ0) is 20.6. The Hall–Kier alpha value is -3.90. The standard InChI is InChI=1S/C31H21/c1-3-11-22(12-4-1)30(23-13-5-2-6-14-23)24-19-20-25(21-24)31-28-17-9-7-15-26(28)27-16-8-10-18-29(27)31/h1-20,31H. The summed E-state index contributed by atoms with van der Waals surface area (Å²) in [6, 6.07) is 38.8. The molecule has 0 N–H and O–H groups in total. The Kier molecular flexibility index (Phi) is 4.28. The number of hydrogen-bond acceptors (Lipinski definition) is 0. The summed E-state index contributed by atoms with van der Waals surface area (Å²) >= 11 is 0. The molecule has 0 spiro atoms. The molecule has 0 fully saturated rings. The van der Waals surface area contributed by atoms with Crippen molar-refractivity contribution in [2.45, 2.75) is 5.92 Å². The molecule has 2 aliphatic rings. The van der Waals surface area contributed by atoms with Gasteiger partial charge >= 0.3 is 0 Å². The highest BCUT2D eigenvalue weighted by molar-refractivity contribution is 5.87. The highest BCUT2D eigenvalue weighted by Crippen LogP contribution is 2.49. The summed E-state index contributed by atoms with van der Waals surface area (Å²) < 4.78 is 0.